The van der Waals surface area contributed by atoms with Gasteiger partial charge in [-0.2, -0.15) is 0 Å². The summed E-state index contributed by atoms with van der Waals surface area (Å²) >= 11 is 0. The van der Waals surface area contributed by atoms with E-state index in [1.807, 2.05) is 13.0 Å². The lowest BCUT2D eigenvalue weighted by Crippen LogP contribution is -2.27. The third-order valence-electron chi connectivity index (χ3n) is 3.38. The van der Waals surface area contributed by atoms with Crippen LogP contribution in [0.3, 0.4) is 0 Å². The van der Waals surface area contributed by atoms with Crippen LogP contribution in [0.1, 0.15) is 24.2 Å². The third-order valence-corrected chi connectivity index (χ3v) is 3.38. The van der Waals surface area contributed by atoms with Crippen molar-refractivity contribution >= 4 is 5.57 Å². The second kappa shape index (κ2) is 6.64. The van der Waals surface area contributed by atoms with E-state index in [-0.39, 0.29) is 11.9 Å². The molecule has 114 valence electrons. The van der Waals surface area contributed by atoms with E-state index in [4.69, 9.17) is 9.57 Å². The molecule has 0 saturated heterocycles. The Morgan fingerprint density at radius 3 is 2.77 bits per heavy atom. The molecular formula is C16H16FN3O2. The van der Waals surface area contributed by atoms with Crippen molar-refractivity contribution in [2.45, 2.75) is 13.0 Å². The molecule has 6 heteroatoms. The summed E-state index contributed by atoms with van der Waals surface area (Å²) in [7, 11) is 0. The van der Waals surface area contributed by atoms with Crippen molar-refractivity contribution in [2.24, 2.45) is 0 Å². The maximum absolute atomic E-state index is 13.1. The number of hydrogen-bond acceptors (Lipinski definition) is 5. The van der Waals surface area contributed by atoms with Crippen LogP contribution in [0.15, 0.2) is 49.1 Å². The number of benzene rings is 1. The number of hydrogen-bond donors (Lipinski definition) is 0. The van der Waals surface area contributed by atoms with E-state index in [0.29, 0.717) is 13.3 Å². The number of hydroxylamine groups is 2. The first-order valence-electron chi connectivity index (χ1n) is 7.02. The Labute approximate surface area is 128 Å². The zero-order valence-electron chi connectivity index (χ0n) is 12.1. The molecule has 0 amide bonds. The minimum absolute atomic E-state index is 0.222. The topological polar surface area (TPSA) is 47.5 Å². The van der Waals surface area contributed by atoms with Crippen molar-refractivity contribution in [3.8, 4) is 0 Å². The van der Waals surface area contributed by atoms with Crippen molar-refractivity contribution in [3.63, 3.8) is 0 Å². The number of halogens is 1. The van der Waals surface area contributed by atoms with Crippen molar-refractivity contribution in [1.29, 1.82) is 0 Å². The lowest BCUT2D eigenvalue weighted by Gasteiger charge is -2.23. The first-order valence-corrected chi connectivity index (χ1v) is 7.02. The fourth-order valence-electron chi connectivity index (χ4n) is 2.33. The van der Waals surface area contributed by atoms with E-state index in [1.165, 1.54) is 18.5 Å². The van der Waals surface area contributed by atoms with E-state index < -0.39 is 0 Å². The van der Waals surface area contributed by atoms with Crippen molar-refractivity contribution in [1.82, 2.24) is 15.0 Å². The summed E-state index contributed by atoms with van der Waals surface area (Å²) in [5, 5.41) is 1.70. The normalized spacial score (nSPS) is 18.1. The molecule has 0 radical (unpaired) electrons. The molecule has 22 heavy (non-hydrogen) atoms. The number of ether oxygens (including phenoxy) is 1. The Hall–Kier alpha value is -2.31. The Morgan fingerprint density at radius 2 is 2.09 bits per heavy atom. The first kappa shape index (κ1) is 14.6. The highest BCUT2D eigenvalue weighted by Gasteiger charge is 2.33. The molecule has 5 nitrogen and oxygen atoms in total. The summed E-state index contributed by atoms with van der Waals surface area (Å²) < 4.78 is 18.6. The van der Waals surface area contributed by atoms with Gasteiger partial charge in [-0.1, -0.05) is 12.1 Å². The highest BCUT2D eigenvalue weighted by molar-refractivity contribution is 5.70. The predicted molar refractivity (Wildman–Crippen MR) is 78.6 cm³/mol. The fraction of sp³-hybridized carbons (Fsp3) is 0.250. The summed E-state index contributed by atoms with van der Waals surface area (Å²) in [6.07, 6.45) is 4.83. The molecule has 0 N–H and O–H groups in total. The summed E-state index contributed by atoms with van der Waals surface area (Å²) in [5.41, 5.74) is 2.57. The van der Waals surface area contributed by atoms with Crippen LogP contribution in [0.4, 0.5) is 4.39 Å². The molecule has 2 heterocycles. The lowest BCUT2D eigenvalue weighted by molar-refractivity contribution is -0.169. The SMILES string of the molecule is CCOCN1OC=C(c2ccc(F)cc2)C1c1ccncn1. The van der Waals surface area contributed by atoms with Gasteiger partial charge in [-0.3, -0.25) is 0 Å². The van der Waals surface area contributed by atoms with Gasteiger partial charge in [0.2, 0.25) is 0 Å². The van der Waals surface area contributed by atoms with E-state index in [2.05, 4.69) is 9.97 Å². The molecule has 1 aliphatic heterocycles. The monoisotopic (exact) mass is 301 g/mol. The van der Waals surface area contributed by atoms with E-state index in [0.717, 1.165) is 16.8 Å². The fourth-order valence-corrected chi connectivity index (χ4v) is 2.33. The summed E-state index contributed by atoms with van der Waals surface area (Å²) in [4.78, 5) is 13.9. The summed E-state index contributed by atoms with van der Waals surface area (Å²) in [6.45, 7) is 2.82. The predicted octanol–water partition coefficient (Wildman–Crippen LogP) is 2.94. The number of nitrogens with zero attached hydrogens (tertiary/aromatic N) is 3. The van der Waals surface area contributed by atoms with Crippen LogP contribution < -0.4 is 0 Å². The molecule has 1 aromatic carbocycles. The maximum Gasteiger partial charge on any atom is 0.134 e. The number of aromatic nitrogens is 2. The van der Waals surface area contributed by atoms with Gasteiger partial charge in [-0.25, -0.2) is 14.4 Å². The smallest absolute Gasteiger partial charge is 0.134 e. The highest BCUT2D eigenvalue weighted by atomic mass is 19.1. The lowest BCUT2D eigenvalue weighted by atomic mass is 9.97. The van der Waals surface area contributed by atoms with Gasteiger partial charge in [0.25, 0.3) is 0 Å². The molecule has 1 atom stereocenters. The van der Waals surface area contributed by atoms with Crippen LogP contribution in [-0.4, -0.2) is 28.4 Å². The van der Waals surface area contributed by atoms with Gasteiger partial charge in [0, 0.05) is 18.4 Å². The molecule has 0 saturated carbocycles. The zero-order valence-corrected chi connectivity index (χ0v) is 12.1. The number of rotatable bonds is 5. The molecule has 0 aliphatic carbocycles. The van der Waals surface area contributed by atoms with Gasteiger partial charge in [0.1, 0.15) is 31.2 Å². The average molecular weight is 301 g/mol. The minimum Gasteiger partial charge on any atom is -0.410 e. The van der Waals surface area contributed by atoms with Crippen molar-refractivity contribution < 1.29 is 14.0 Å². The molecule has 1 unspecified atom stereocenters. The van der Waals surface area contributed by atoms with Crippen LogP contribution >= 0.6 is 0 Å². The average Bonchev–Trinajstić information content (AvgIpc) is 2.98. The van der Waals surface area contributed by atoms with Gasteiger partial charge in [-0.15, -0.1) is 5.06 Å². The summed E-state index contributed by atoms with van der Waals surface area (Å²) in [5.74, 6) is -0.270. The van der Waals surface area contributed by atoms with Gasteiger partial charge in [0.05, 0.1) is 5.69 Å². The molecule has 1 aliphatic rings. The maximum atomic E-state index is 13.1. The largest absolute Gasteiger partial charge is 0.410 e. The van der Waals surface area contributed by atoms with Crippen LogP contribution in [-0.2, 0) is 9.57 Å². The molecule has 0 bridgehead atoms. The molecule has 2 aromatic rings. The minimum atomic E-state index is -0.270. The van der Waals surface area contributed by atoms with Crippen LogP contribution in [0.5, 0.6) is 0 Å². The van der Waals surface area contributed by atoms with Crippen LogP contribution in [0.25, 0.3) is 5.57 Å². The second-order valence-electron chi connectivity index (χ2n) is 4.76. The molecule has 0 spiro atoms. The van der Waals surface area contributed by atoms with Crippen molar-refractivity contribution in [2.75, 3.05) is 13.3 Å². The van der Waals surface area contributed by atoms with Gasteiger partial charge < -0.3 is 9.57 Å². The van der Waals surface area contributed by atoms with E-state index in [1.54, 1.807) is 29.7 Å². The van der Waals surface area contributed by atoms with Crippen LogP contribution in [0, 0.1) is 5.82 Å². The summed E-state index contributed by atoms with van der Waals surface area (Å²) in [6, 6.07) is 7.91. The van der Waals surface area contributed by atoms with E-state index >= 15 is 0 Å². The van der Waals surface area contributed by atoms with Gasteiger partial charge >= 0.3 is 0 Å². The standard InChI is InChI=1S/C16H16FN3O2/c1-2-21-11-20-16(15-7-8-18-10-19-15)14(9-22-20)12-3-5-13(17)6-4-12/h3-10,16H,2,11H2,1H3. The molecule has 1 aromatic heterocycles. The van der Waals surface area contributed by atoms with Gasteiger partial charge in [0.15, 0.2) is 0 Å². The molecular weight excluding hydrogens is 285 g/mol. The Kier molecular flexibility index (Phi) is 4.41. The zero-order chi connectivity index (χ0) is 15.4. The highest BCUT2D eigenvalue weighted by Crippen LogP contribution is 2.39. The Bertz CT molecular complexity index is 646. The molecule has 0 fully saturated rings. The second-order valence-corrected chi connectivity index (χ2v) is 4.76. The Balaban J connectivity index is 1.92. The molecule has 3 rings (SSSR count). The van der Waals surface area contributed by atoms with Gasteiger partial charge in [-0.05, 0) is 30.7 Å². The first-order chi connectivity index (χ1) is 10.8. The van der Waals surface area contributed by atoms with Crippen molar-refractivity contribution in [3.05, 3.63) is 66.2 Å². The third kappa shape index (κ3) is 2.98. The van der Waals surface area contributed by atoms with E-state index in [9.17, 15) is 4.39 Å². The van der Waals surface area contributed by atoms with Crippen LogP contribution in [0.2, 0.25) is 0 Å². The quantitative estimate of drug-likeness (QED) is 0.849. The Morgan fingerprint density at radius 1 is 1.27 bits per heavy atom.